The van der Waals surface area contributed by atoms with Gasteiger partial charge in [-0.3, -0.25) is 0 Å². The van der Waals surface area contributed by atoms with Crippen molar-refractivity contribution in [3.63, 3.8) is 0 Å². The first-order valence-corrected chi connectivity index (χ1v) is 6.81. The van der Waals surface area contributed by atoms with E-state index in [1.165, 1.54) is 18.2 Å². The van der Waals surface area contributed by atoms with Crippen LogP contribution in [0.4, 0.5) is 4.39 Å². The molecule has 1 aromatic rings. The van der Waals surface area contributed by atoms with E-state index >= 15 is 0 Å². The molecule has 20 heavy (non-hydrogen) atoms. The third-order valence-electron chi connectivity index (χ3n) is 3.94. The van der Waals surface area contributed by atoms with Gasteiger partial charge in [0.1, 0.15) is 5.82 Å². The topological polar surface area (TPSA) is 69.6 Å². The number of aromatic carboxylic acids is 1. The number of carboxylic acid groups (broad SMARTS) is 1. The molecular formula is C15H22FNO3. The number of hydrogen-bond donors (Lipinski definition) is 3. The molecule has 0 spiro atoms. The lowest BCUT2D eigenvalue weighted by Crippen LogP contribution is -2.36. The van der Waals surface area contributed by atoms with Crippen molar-refractivity contribution in [2.75, 3.05) is 13.2 Å². The van der Waals surface area contributed by atoms with Gasteiger partial charge in [0.2, 0.25) is 0 Å². The molecule has 5 heteroatoms. The van der Waals surface area contributed by atoms with Crippen molar-refractivity contribution in [3.05, 3.63) is 35.1 Å². The monoisotopic (exact) mass is 283 g/mol. The van der Waals surface area contributed by atoms with Crippen molar-refractivity contribution in [2.24, 2.45) is 5.41 Å². The smallest absolute Gasteiger partial charge is 0.335 e. The predicted molar refractivity (Wildman–Crippen MR) is 75.2 cm³/mol. The highest BCUT2D eigenvalue weighted by molar-refractivity contribution is 5.87. The molecule has 0 heterocycles. The third-order valence-corrected chi connectivity index (χ3v) is 3.94. The van der Waals surface area contributed by atoms with E-state index < -0.39 is 11.8 Å². The number of carboxylic acids is 1. The van der Waals surface area contributed by atoms with Gasteiger partial charge in [-0.1, -0.05) is 13.8 Å². The van der Waals surface area contributed by atoms with Gasteiger partial charge in [-0.15, -0.1) is 0 Å². The summed E-state index contributed by atoms with van der Waals surface area (Å²) in [7, 11) is 0. The maximum Gasteiger partial charge on any atom is 0.335 e. The molecule has 1 rings (SSSR count). The van der Waals surface area contributed by atoms with Gasteiger partial charge in [0, 0.05) is 30.7 Å². The molecule has 0 saturated heterocycles. The number of nitrogens with one attached hydrogen (secondary N) is 1. The summed E-state index contributed by atoms with van der Waals surface area (Å²) in [4.78, 5) is 10.9. The lowest BCUT2D eigenvalue weighted by Gasteiger charge is -2.29. The predicted octanol–water partition coefficient (Wildman–Crippen LogP) is 2.41. The minimum Gasteiger partial charge on any atom is -0.478 e. The minimum absolute atomic E-state index is 0.0719. The Morgan fingerprint density at radius 2 is 2.00 bits per heavy atom. The first-order chi connectivity index (χ1) is 9.48. The standard InChI is InChI=1S/C15H22FNO3/c1-3-15(4-2,10-18)9-17-8-12-7-11(14(19)20)5-6-13(12)16/h5-7,17-18H,3-4,8-10H2,1-2H3,(H,19,20). The number of rotatable bonds is 8. The second kappa shape index (κ2) is 7.36. The van der Waals surface area contributed by atoms with Gasteiger partial charge in [0.25, 0.3) is 0 Å². The fraction of sp³-hybridized carbons (Fsp3) is 0.533. The fourth-order valence-electron chi connectivity index (χ4n) is 2.09. The SMILES string of the molecule is CCC(CC)(CO)CNCc1cc(C(=O)O)ccc1F. The van der Waals surface area contributed by atoms with Gasteiger partial charge >= 0.3 is 5.97 Å². The van der Waals surface area contributed by atoms with Gasteiger partial charge in [-0.2, -0.15) is 0 Å². The van der Waals surface area contributed by atoms with Crippen LogP contribution in [-0.4, -0.2) is 29.3 Å². The van der Waals surface area contributed by atoms with Crippen molar-refractivity contribution in [1.82, 2.24) is 5.32 Å². The van der Waals surface area contributed by atoms with E-state index in [2.05, 4.69) is 5.32 Å². The van der Waals surface area contributed by atoms with Crippen molar-refractivity contribution < 1.29 is 19.4 Å². The summed E-state index contributed by atoms with van der Waals surface area (Å²) in [5, 5.41) is 21.5. The van der Waals surface area contributed by atoms with E-state index in [4.69, 9.17) is 5.11 Å². The molecule has 0 atom stereocenters. The van der Waals surface area contributed by atoms with E-state index in [9.17, 15) is 14.3 Å². The first-order valence-electron chi connectivity index (χ1n) is 6.81. The number of hydrogen-bond acceptors (Lipinski definition) is 3. The molecule has 0 aromatic heterocycles. The van der Waals surface area contributed by atoms with Crippen molar-refractivity contribution in [2.45, 2.75) is 33.2 Å². The summed E-state index contributed by atoms with van der Waals surface area (Å²) in [5.74, 6) is -1.50. The Hall–Kier alpha value is -1.46. The summed E-state index contributed by atoms with van der Waals surface area (Å²) in [5.41, 5.74) is 0.187. The lowest BCUT2D eigenvalue weighted by atomic mass is 9.83. The fourth-order valence-corrected chi connectivity index (χ4v) is 2.09. The molecule has 0 amide bonds. The van der Waals surface area contributed by atoms with Crippen LogP contribution in [0.5, 0.6) is 0 Å². The lowest BCUT2D eigenvalue weighted by molar-refractivity contribution is 0.0696. The van der Waals surface area contributed by atoms with Crippen molar-refractivity contribution in [1.29, 1.82) is 0 Å². The highest BCUT2D eigenvalue weighted by Gasteiger charge is 2.24. The maximum atomic E-state index is 13.6. The largest absolute Gasteiger partial charge is 0.478 e. The van der Waals surface area contributed by atoms with Crippen molar-refractivity contribution >= 4 is 5.97 Å². The third kappa shape index (κ3) is 4.02. The van der Waals surface area contributed by atoms with Crippen LogP contribution in [0.3, 0.4) is 0 Å². The molecule has 4 nitrogen and oxygen atoms in total. The Morgan fingerprint density at radius 3 is 2.50 bits per heavy atom. The van der Waals surface area contributed by atoms with Gasteiger partial charge in [-0.05, 0) is 31.0 Å². The second-order valence-electron chi connectivity index (χ2n) is 5.08. The van der Waals surface area contributed by atoms with E-state index in [0.717, 1.165) is 12.8 Å². The molecule has 1 aromatic carbocycles. The van der Waals surface area contributed by atoms with Crippen LogP contribution in [0.25, 0.3) is 0 Å². The number of aliphatic hydroxyl groups is 1. The number of benzene rings is 1. The van der Waals surface area contributed by atoms with Crippen LogP contribution in [0.15, 0.2) is 18.2 Å². The molecule has 0 aliphatic rings. The van der Waals surface area contributed by atoms with Crippen LogP contribution in [-0.2, 0) is 6.54 Å². The normalized spacial score (nSPS) is 11.6. The van der Waals surface area contributed by atoms with Gasteiger partial charge in [0.15, 0.2) is 0 Å². The molecule has 0 radical (unpaired) electrons. The molecule has 0 saturated carbocycles. The Labute approximate surface area is 118 Å². The minimum atomic E-state index is -1.07. The highest BCUT2D eigenvalue weighted by atomic mass is 19.1. The summed E-state index contributed by atoms with van der Waals surface area (Å²) < 4.78 is 13.6. The molecule has 0 aliphatic heterocycles. The number of halogens is 1. The van der Waals surface area contributed by atoms with Gasteiger partial charge in [-0.25, -0.2) is 9.18 Å². The van der Waals surface area contributed by atoms with Gasteiger partial charge in [0.05, 0.1) is 5.56 Å². The molecule has 0 aliphatic carbocycles. The molecule has 0 fully saturated rings. The quantitative estimate of drug-likeness (QED) is 0.685. The zero-order valence-corrected chi connectivity index (χ0v) is 11.9. The van der Waals surface area contributed by atoms with Crippen LogP contribution < -0.4 is 5.32 Å². The highest BCUT2D eigenvalue weighted by Crippen LogP contribution is 2.24. The van der Waals surface area contributed by atoms with Crippen LogP contribution in [0.1, 0.15) is 42.6 Å². The Balaban J connectivity index is 2.70. The van der Waals surface area contributed by atoms with E-state index in [1.807, 2.05) is 13.8 Å². The Bertz CT molecular complexity index is 450. The second-order valence-corrected chi connectivity index (χ2v) is 5.08. The first kappa shape index (κ1) is 16.6. The number of carbonyl (C=O) groups is 1. The zero-order chi connectivity index (χ0) is 15.2. The average molecular weight is 283 g/mol. The molecular weight excluding hydrogens is 261 g/mol. The average Bonchev–Trinajstić information content (AvgIpc) is 2.46. The van der Waals surface area contributed by atoms with Crippen LogP contribution >= 0.6 is 0 Å². The number of aliphatic hydroxyl groups excluding tert-OH is 1. The summed E-state index contributed by atoms with van der Waals surface area (Å²) >= 11 is 0. The van der Waals surface area contributed by atoms with E-state index in [0.29, 0.717) is 12.1 Å². The molecule has 0 unspecified atom stereocenters. The Morgan fingerprint density at radius 1 is 1.35 bits per heavy atom. The summed E-state index contributed by atoms with van der Waals surface area (Å²) in [6.07, 6.45) is 1.65. The van der Waals surface area contributed by atoms with Gasteiger partial charge < -0.3 is 15.5 Å². The van der Waals surface area contributed by atoms with Crippen LogP contribution in [0, 0.1) is 11.2 Å². The molecule has 112 valence electrons. The van der Waals surface area contributed by atoms with Crippen molar-refractivity contribution in [3.8, 4) is 0 Å². The maximum absolute atomic E-state index is 13.6. The molecule has 0 bridgehead atoms. The van der Waals surface area contributed by atoms with E-state index in [-0.39, 0.29) is 24.1 Å². The molecule has 3 N–H and O–H groups in total. The van der Waals surface area contributed by atoms with E-state index in [1.54, 1.807) is 0 Å². The summed E-state index contributed by atoms with van der Waals surface area (Å²) in [6, 6.07) is 3.75. The van der Waals surface area contributed by atoms with Crippen LogP contribution in [0.2, 0.25) is 0 Å². The summed E-state index contributed by atoms with van der Waals surface area (Å²) in [6.45, 7) is 4.90. The Kier molecular flexibility index (Phi) is 6.10. The zero-order valence-electron chi connectivity index (χ0n) is 11.9.